The van der Waals surface area contributed by atoms with Gasteiger partial charge in [0.1, 0.15) is 0 Å². The molecule has 0 saturated carbocycles. The van der Waals surface area contributed by atoms with E-state index in [1.165, 1.54) is 0 Å². The molecule has 0 spiro atoms. The molecule has 0 bridgehead atoms. The lowest BCUT2D eigenvalue weighted by Gasteiger charge is -2.11. The first-order valence-electron chi connectivity index (χ1n) is 8.58. The minimum atomic E-state index is -0.0946. The molecule has 0 atom stereocenters. The Labute approximate surface area is 170 Å². The number of aryl methyl sites for hydroxylation is 1. The SMILES string of the molecule is Cc1cccc(-c2cc(C(=O)NCc3cccs3)c3cc(Br)ccc3n2)c1. The lowest BCUT2D eigenvalue weighted by molar-refractivity contribution is 0.0953. The quantitative estimate of drug-likeness (QED) is 0.428. The average Bonchev–Trinajstić information content (AvgIpc) is 3.19. The minimum Gasteiger partial charge on any atom is -0.347 e. The maximum atomic E-state index is 13.0. The van der Waals surface area contributed by atoms with E-state index in [-0.39, 0.29) is 5.91 Å². The van der Waals surface area contributed by atoms with Crippen molar-refractivity contribution in [2.24, 2.45) is 0 Å². The van der Waals surface area contributed by atoms with E-state index in [2.05, 4.69) is 40.3 Å². The number of halogens is 1. The van der Waals surface area contributed by atoms with E-state index in [0.29, 0.717) is 12.1 Å². The number of benzene rings is 2. The van der Waals surface area contributed by atoms with Crippen molar-refractivity contribution in [3.05, 3.63) is 86.5 Å². The summed E-state index contributed by atoms with van der Waals surface area (Å²) >= 11 is 5.13. The van der Waals surface area contributed by atoms with Crippen LogP contribution in [0.25, 0.3) is 22.2 Å². The molecule has 2 aromatic carbocycles. The van der Waals surface area contributed by atoms with Gasteiger partial charge in [0.2, 0.25) is 0 Å². The zero-order chi connectivity index (χ0) is 18.8. The molecule has 3 nitrogen and oxygen atoms in total. The van der Waals surface area contributed by atoms with Crippen molar-refractivity contribution in [2.75, 3.05) is 0 Å². The molecular formula is C22H17BrN2OS. The summed E-state index contributed by atoms with van der Waals surface area (Å²) in [5.41, 5.74) is 4.41. The monoisotopic (exact) mass is 436 g/mol. The normalized spacial score (nSPS) is 10.9. The minimum absolute atomic E-state index is 0.0946. The van der Waals surface area contributed by atoms with Crippen LogP contribution in [0.5, 0.6) is 0 Å². The lowest BCUT2D eigenvalue weighted by Crippen LogP contribution is -2.22. The number of rotatable bonds is 4. The third-order valence-corrected chi connectivity index (χ3v) is 5.70. The summed E-state index contributed by atoms with van der Waals surface area (Å²) in [5.74, 6) is -0.0946. The highest BCUT2D eigenvalue weighted by Gasteiger charge is 2.14. The zero-order valence-corrected chi connectivity index (χ0v) is 17.1. The number of aromatic nitrogens is 1. The number of nitrogens with zero attached hydrogens (tertiary/aromatic N) is 1. The molecule has 2 aromatic heterocycles. The molecular weight excluding hydrogens is 420 g/mol. The molecule has 1 N–H and O–H groups in total. The van der Waals surface area contributed by atoms with Crippen molar-refractivity contribution in [3.63, 3.8) is 0 Å². The third-order valence-electron chi connectivity index (χ3n) is 4.33. The number of thiophene rings is 1. The molecule has 0 fully saturated rings. The second-order valence-corrected chi connectivity index (χ2v) is 8.30. The Balaban J connectivity index is 1.78. The highest BCUT2D eigenvalue weighted by Crippen LogP contribution is 2.27. The van der Waals surface area contributed by atoms with Crippen molar-refractivity contribution in [1.29, 1.82) is 0 Å². The van der Waals surface area contributed by atoms with E-state index in [4.69, 9.17) is 4.98 Å². The van der Waals surface area contributed by atoms with Gasteiger partial charge in [-0.15, -0.1) is 11.3 Å². The Morgan fingerprint density at radius 2 is 2.00 bits per heavy atom. The molecule has 0 aliphatic carbocycles. The van der Waals surface area contributed by atoms with E-state index in [1.807, 2.05) is 53.9 Å². The predicted octanol–water partition coefficient (Wildman–Crippen LogP) is 5.96. The van der Waals surface area contributed by atoms with Crippen LogP contribution in [0.3, 0.4) is 0 Å². The van der Waals surface area contributed by atoms with Crippen LogP contribution in [0.4, 0.5) is 0 Å². The van der Waals surface area contributed by atoms with E-state index >= 15 is 0 Å². The number of nitrogens with one attached hydrogen (secondary N) is 1. The highest BCUT2D eigenvalue weighted by atomic mass is 79.9. The van der Waals surface area contributed by atoms with Gasteiger partial charge in [-0.3, -0.25) is 4.79 Å². The summed E-state index contributed by atoms with van der Waals surface area (Å²) in [5, 5.41) is 5.88. The van der Waals surface area contributed by atoms with Gasteiger partial charge in [-0.25, -0.2) is 4.98 Å². The summed E-state index contributed by atoms with van der Waals surface area (Å²) in [6, 6.07) is 19.9. The number of pyridine rings is 1. The zero-order valence-electron chi connectivity index (χ0n) is 14.7. The van der Waals surface area contributed by atoms with E-state index < -0.39 is 0 Å². The van der Waals surface area contributed by atoms with Crippen LogP contribution in [0.2, 0.25) is 0 Å². The molecule has 0 saturated heterocycles. The van der Waals surface area contributed by atoms with E-state index in [0.717, 1.165) is 37.1 Å². The van der Waals surface area contributed by atoms with Gasteiger partial charge in [0.05, 0.1) is 23.3 Å². The Bertz CT molecular complexity index is 1120. The summed E-state index contributed by atoms with van der Waals surface area (Å²) in [4.78, 5) is 18.9. The summed E-state index contributed by atoms with van der Waals surface area (Å²) in [6.45, 7) is 2.57. The largest absolute Gasteiger partial charge is 0.347 e. The van der Waals surface area contributed by atoms with Crippen LogP contribution >= 0.6 is 27.3 Å². The number of carbonyl (C=O) groups is 1. The Morgan fingerprint density at radius 1 is 1.11 bits per heavy atom. The second-order valence-electron chi connectivity index (χ2n) is 6.35. The summed E-state index contributed by atoms with van der Waals surface area (Å²) in [7, 11) is 0. The van der Waals surface area contributed by atoms with Gasteiger partial charge in [0.25, 0.3) is 5.91 Å². The van der Waals surface area contributed by atoms with Gasteiger partial charge in [0.15, 0.2) is 0 Å². The first kappa shape index (κ1) is 17.9. The van der Waals surface area contributed by atoms with Crippen LogP contribution < -0.4 is 5.32 Å². The first-order chi connectivity index (χ1) is 13.1. The fourth-order valence-corrected chi connectivity index (χ4v) is 4.02. The molecule has 4 rings (SSSR count). The van der Waals surface area contributed by atoms with Crippen molar-refractivity contribution in [1.82, 2.24) is 10.3 Å². The van der Waals surface area contributed by atoms with Crippen LogP contribution in [0.15, 0.2) is 70.5 Å². The van der Waals surface area contributed by atoms with Gasteiger partial charge < -0.3 is 5.32 Å². The van der Waals surface area contributed by atoms with Crippen molar-refractivity contribution >= 4 is 44.1 Å². The molecule has 27 heavy (non-hydrogen) atoms. The maximum Gasteiger partial charge on any atom is 0.252 e. The number of amides is 1. The third kappa shape index (κ3) is 3.94. The van der Waals surface area contributed by atoms with E-state index in [9.17, 15) is 4.79 Å². The molecule has 4 aromatic rings. The second kappa shape index (κ2) is 7.62. The Hall–Kier alpha value is -2.50. The van der Waals surface area contributed by atoms with Crippen LogP contribution in [-0.4, -0.2) is 10.9 Å². The van der Waals surface area contributed by atoms with Crippen molar-refractivity contribution in [2.45, 2.75) is 13.5 Å². The van der Waals surface area contributed by atoms with Gasteiger partial charge in [-0.2, -0.15) is 0 Å². The molecule has 1 amide bonds. The van der Waals surface area contributed by atoms with Gasteiger partial charge in [0, 0.05) is 20.3 Å². The maximum absolute atomic E-state index is 13.0. The molecule has 0 aliphatic heterocycles. The first-order valence-corrected chi connectivity index (χ1v) is 10.3. The molecule has 0 aliphatic rings. The standard InChI is InChI=1S/C22H17BrN2OS/c1-14-4-2-5-15(10-14)21-12-19(18-11-16(23)7-8-20(18)25-21)22(26)24-13-17-6-3-9-27-17/h2-12H,13H2,1H3,(H,24,26). The van der Waals surface area contributed by atoms with Crippen LogP contribution in [0.1, 0.15) is 20.8 Å². The van der Waals surface area contributed by atoms with Crippen LogP contribution in [-0.2, 0) is 6.54 Å². The van der Waals surface area contributed by atoms with Gasteiger partial charge in [-0.1, -0.05) is 45.8 Å². The number of carbonyl (C=O) groups excluding carboxylic acids is 1. The van der Waals surface area contributed by atoms with Gasteiger partial charge in [-0.05, 0) is 48.7 Å². The van der Waals surface area contributed by atoms with E-state index in [1.54, 1.807) is 11.3 Å². The molecule has 0 unspecified atom stereocenters. The molecule has 5 heteroatoms. The Kier molecular flexibility index (Phi) is 5.05. The Morgan fingerprint density at radius 3 is 2.78 bits per heavy atom. The summed E-state index contributed by atoms with van der Waals surface area (Å²) in [6.07, 6.45) is 0. The number of fused-ring (bicyclic) bond motifs is 1. The van der Waals surface area contributed by atoms with Crippen LogP contribution in [0, 0.1) is 6.92 Å². The average molecular weight is 437 g/mol. The number of hydrogen-bond acceptors (Lipinski definition) is 3. The smallest absolute Gasteiger partial charge is 0.252 e. The highest BCUT2D eigenvalue weighted by molar-refractivity contribution is 9.10. The topological polar surface area (TPSA) is 42.0 Å². The molecule has 0 radical (unpaired) electrons. The fraction of sp³-hybridized carbons (Fsp3) is 0.0909. The predicted molar refractivity (Wildman–Crippen MR) is 115 cm³/mol. The van der Waals surface area contributed by atoms with Gasteiger partial charge >= 0.3 is 0 Å². The molecule has 134 valence electrons. The lowest BCUT2D eigenvalue weighted by atomic mass is 10.0. The van der Waals surface area contributed by atoms with Crippen molar-refractivity contribution in [3.8, 4) is 11.3 Å². The van der Waals surface area contributed by atoms with Crippen molar-refractivity contribution < 1.29 is 4.79 Å². The molecule has 2 heterocycles. The number of hydrogen-bond donors (Lipinski definition) is 1. The fourth-order valence-electron chi connectivity index (χ4n) is 3.01. The summed E-state index contributed by atoms with van der Waals surface area (Å²) < 4.78 is 0.924.